The van der Waals surface area contributed by atoms with Crippen molar-refractivity contribution in [3.05, 3.63) is 58.8 Å². The zero-order valence-corrected chi connectivity index (χ0v) is 32.9. The molecule has 1 amide bonds. The Morgan fingerprint density at radius 1 is 1.00 bits per heavy atom. The van der Waals surface area contributed by atoms with E-state index in [9.17, 15) is 20.1 Å². The van der Waals surface area contributed by atoms with Crippen LogP contribution in [0, 0.1) is 11.3 Å². The number of methoxy groups -OCH3 is 2. The number of anilines is 1. The number of aliphatic hydroxyl groups is 3. The highest BCUT2D eigenvalue weighted by atomic mass is 16.5. The van der Waals surface area contributed by atoms with Crippen LogP contribution < -0.4 is 15.4 Å². The average Bonchev–Trinajstić information content (AvgIpc) is 3.84. The third-order valence-corrected chi connectivity index (χ3v) is 15.7. The van der Waals surface area contributed by atoms with Crippen LogP contribution in [-0.4, -0.2) is 125 Å². The molecule has 6 N–H and O–H groups in total. The number of carbonyl (C=O) groups excluding carboxylic acids is 2. The number of nitrogens with zero attached hydrogens (tertiary/aromatic N) is 3. The van der Waals surface area contributed by atoms with E-state index in [1.807, 2.05) is 50.1 Å². The molecule has 1 spiro atoms. The van der Waals surface area contributed by atoms with Crippen LogP contribution in [0.25, 0.3) is 10.9 Å². The molecule has 4 fully saturated rings. The number of benzene rings is 2. The Hall–Kier alpha value is -3.68. The van der Waals surface area contributed by atoms with E-state index in [1.165, 1.54) is 7.11 Å². The van der Waals surface area contributed by atoms with Crippen molar-refractivity contribution in [1.82, 2.24) is 14.8 Å². The van der Waals surface area contributed by atoms with Crippen molar-refractivity contribution in [2.24, 2.45) is 17.1 Å². The van der Waals surface area contributed by atoms with Crippen LogP contribution in [0.15, 0.2) is 36.4 Å². The van der Waals surface area contributed by atoms with Crippen molar-refractivity contribution in [2.45, 2.75) is 105 Å². The molecule has 5 aliphatic heterocycles. The molecular formula is C43H57N5O7. The standard InChI is InChI=1S/C43H57N5O7/c1-6-39(52)21-25-22-42(38(51)55-5,33-27(13-17-47(23-25)24-39)26-11-8-9-12-30(26)45-33)29-19-28-31(20-32(29)54-4)46(3)35-41(28)15-18-48-16-10-14-40(7-2,34(41)48)36(49)43(35,53)37(44)50/h8-9,11-12,19-20,25,34-36,45,49,52-53H,6-7,10,13-18,21-24H2,1-5H3,(H2,44,50)/t25-,34+,35-,36-,39+,40-,41-,42+,43+/m1/s1. The summed E-state index contributed by atoms with van der Waals surface area (Å²) in [5, 5.41) is 38.1. The number of carbonyl (C=O) groups is 2. The Morgan fingerprint density at radius 3 is 2.49 bits per heavy atom. The molecule has 1 saturated carbocycles. The van der Waals surface area contributed by atoms with Crippen LogP contribution in [0.4, 0.5) is 5.69 Å². The van der Waals surface area contributed by atoms with Gasteiger partial charge in [0.25, 0.3) is 5.91 Å². The van der Waals surface area contributed by atoms with Gasteiger partial charge in [-0.15, -0.1) is 0 Å². The van der Waals surface area contributed by atoms with Gasteiger partial charge in [-0.25, -0.2) is 0 Å². The van der Waals surface area contributed by atoms with Gasteiger partial charge in [-0.2, -0.15) is 0 Å². The first-order chi connectivity index (χ1) is 26.3. The van der Waals surface area contributed by atoms with Crippen LogP contribution in [0.2, 0.25) is 0 Å². The molecule has 3 saturated heterocycles. The van der Waals surface area contributed by atoms with Crippen molar-refractivity contribution >= 4 is 28.5 Å². The van der Waals surface area contributed by atoms with Crippen molar-refractivity contribution in [2.75, 3.05) is 58.9 Å². The fraction of sp³-hybridized carbons (Fsp3) is 0.628. The summed E-state index contributed by atoms with van der Waals surface area (Å²) >= 11 is 0. The number of para-hydroxylation sites is 1. The summed E-state index contributed by atoms with van der Waals surface area (Å²) in [5.74, 6) is -0.933. The van der Waals surface area contributed by atoms with Crippen LogP contribution in [0.5, 0.6) is 5.75 Å². The van der Waals surface area contributed by atoms with E-state index in [-0.39, 0.29) is 12.0 Å². The van der Waals surface area contributed by atoms with E-state index in [2.05, 4.69) is 26.9 Å². The van der Waals surface area contributed by atoms with Gasteiger partial charge in [0, 0.05) is 77.5 Å². The molecule has 6 aliphatic rings. The zero-order valence-electron chi connectivity index (χ0n) is 32.9. The van der Waals surface area contributed by atoms with E-state index < -0.39 is 51.5 Å². The molecule has 0 unspecified atom stereocenters. The highest BCUT2D eigenvalue weighted by molar-refractivity contribution is 5.95. The second-order valence-corrected chi connectivity index (χ2v) is 17.9. The molecule has 2 aromatic carbocycles. The number of amides is 1. The number of fused-ring (bicyclic) bond motifs is 6. The zero-order chi connectivity index (χ0) is 38.9. The van der Waals surface area contributed by atoms with Gasteiger partial charge < -0.3 is 40.4 Å². The third-order valence-electron chi connectivity index (χ3n) is 15.7. The number of aliphatic hydroxyl groups excluding tert-OH is 1. The number of nitrogens with one attached hydrogen (secondary N) is 1. The van der Waals surface area contributed by atoms with Gasteiger partial charge in [0.1, 0.15) is 17.3 Å². The minimum absolute atomic E-state index is 0.0699. The molecule has 0 radical (unpaired) electrons. The predicted octanol–water partition coefficient (Wildman–Crippen LogP) is 2.96. The Morgan fingerprint density at radius 2 is 1.78 bits per heavy atom. The number of esters is 1. The van der Waals surface area contributed by atoms with Gasteiger partial charge in [0.2, 0.25) is 0 Å². The Bertz CT molecular complexity index is 2070. The number of hydrogen-bond acceptors (Lipinski definition) is 10. The first kappa shape index (κ1) is 36.9. The lowest BCUT2D eigenvalue weighted by Gasteiger charge is -2.64. The highest BCUT2D eigenvalue weighted by Crippen LogP contribution is 2.68. The first-order valence-corrected chi connectivity index (χ1v) is 20.3. The number of primary amides is 1. The normalized spacial score (nSPS) is 39.3. The largest absolute Gasteiger partial charge is 0.496 e. The smallest absolute Gasteiger partial charge is 0.322 e. The second-order valence-electron chi connectivity index (χ2n) is 17.9. The second kappa shape index (κ2) is 12.4. The molecule has 296 valence electrons. The summed E-state index contributed by atoms with van der Waals surface area (Å²) < 4.78 is 12.2. The summed E-state index contributed by atoms with van der Waals surface area (Å²) in [7, 11) is 4.93. The van der Waals surface area contributed by atoms with E-state index >= 15 is 4.79 Å². The first-order valence-electron chi connectivity index (χ1n) is 20.3. The molecule has 12 heteroatoms. The topological polar surface area (TPSA) is 165 Å². The van der Waals surface area contributed by atoms with Crippen molar-refractivity contribution in [1.29, 1.82) is 0 Å². The lowest BCUT2D eigenvalue weighted by Crippen LogP contribution is -2.82. The molecule has 10 atom stereocenters. The molecule has 2 bridgehead atoms. The lowest BCUT2D eigenvalue weighted by atomic mass is 9.46. The number of nitrogens with two attached hydrogens (primary N) is 1. The van der Waals surface area contributed by atoms with Crippen molar-refractivity contribution in [3.8, 4) is 5.75 Å². The minimum atomic E-state index is -2.25. The number of hydrogen-bond donors (Lipinski definition) is 5. The predicted molar refractivity (Wildman–Crippen MR) is 208 cm³/mol. The summed E-state index contributed by atoms with van der Waals surface area (Å²) in [5.41, 5.74) is 5.16. The summed E-state index contributed by atoms with van der Waals surface area (Å²) in [6.45, 7) is 7.70. The van der Waals surface area contributed by atoms with Gasteiger partial charge >= 0.3 is 5.97 Å². The van der Waals surface area contributed by atoms with Gasteiger partial charge in [-0.1, -0.05) is 32.0 Å². The molecule has 12 nitrogen and oxygen atoms in total. The number of aromatic nitrogens is 1. The molecule has 9 rings (SSSR count). The molecule has 1 aromatic heterocycles. The lowest BCUT2D eigenvalue weighted by molar-refractivity contribution is -0.220. The third kappa shape index (κ3) is 4.57. The van der Waals surface area contributed by atoms with E-state index in [0.717, 1.165) is 66.0 Å². The van der Waals surface area contributed by atoms with E-state index in [0.29, 0.717) is 62.8 Å². The van der Waals surface area contributed by atoms with Gasteiger partial charge in [0.15, 0.2) is 5.60 Å². The Kier molecular flexibility index (Phi) is 8.33. The van der Waals surface area contributed by atoms with Crippen LogP contribution >= 0.6 is 0 Å². The number of aromatic amines is 1. The van der Waals surface area contributed by atoms with Crippen LogP contribution in [-0.2, 0) is 31.6 Å². The molecule has 55 heavy (non-hydrogen) atoms. The monoisotopic (exact) mass is 755 g/mol. The van der Waals surface area contributed by atoms with Crippen LogP contribution in [0.1, 0.15) is 81.2 Å². The Labute approximate surface area is 322 Å². The quantitative estimate of drug-likeness (QED) is 0.237. The molecule has 3 aromatic rings. The summed E-state index contributed by atoms with van der Waals surface area (Å²) in [6.07, 6.45) is 3.47. The van der Waals surface area contributed by atoms with Gasteiger partial charge in [-0.05, 0) is 93.6 Å². The van der Waals surface area contributed by atoms with E-state index in [4.69, 9.17) is 15.2 Å². The molecule has 6 heterocycles. The number of ether oxygens (including phenoxy) is 2. The maximum Gasteiger partial charge on any atom is 0.322 e. The number of likely N-dealkylation sites (N-methyl/N-ethyl adjacent to an activating group) is 1. The van der Waals surface area contributed by atoms with Crippen LogP contribution in [0.3, 0.4) is 0 Å². The minimum Gasteiger partial charge on any atom is -0.496 e. The Balaban J connectivity index is 1.36. The van der Waals surface area contributed by atoms with Crippen molar-refractivity contribution < 1.29 is 34.4 Å². The summed E-state index contributed by atoms with van der Waals surface area (Å²) in [6, 6.07) is 11.2. The SMILES string of the molecule is CC[C@]1(O)C[C@H]2C[N@](CCc3c([nH]c4ccccc34)[C@@](C(=O)OC)(c3cc4c(cc3OC)N(C)[C@H]3[C@@](O)(C(N)=O)[C@H](O)[C@]5(CC)CCCN6CC[C@]43[C@@H]65)C2)C1. The van der Waals surface area contributed by atoms with E-state index in [1.54, 1.807) is 7.11 Å². The summed E-state index contributed by atoms with van der Waals surface area (Å²) in [4.78, 5) is 39.4. The van der Waals surface area contributed by atoms with Gasteiger partial charge in [-0.3, -0.25) is 19.4 Å². The average molecular weight is 756 g/mol. The van der Waals surface area contributed by atoms with Crippen molar-refractivity contribution in [3.63, 3.8) is 0 Å². The number of piperidine rings is 2. The molecule has 1 aliphatic carbocycles. The fourth-order valence-corrected chi connectivity index (χ4v) is 13.5. The maximum atomic E-state index is 15.2. The fourth-order valence-electron chi connectivity index (χ4n) is 13.5. The maximum absolute atomic E-state index is 15.2. The number of H-pyrrole nitrogens is 1. The molecular weight excluding hydrogens is 699 g/mol. The van der Waals surface area contributed by atoms with Gasteiger partial charge in [0.05, 0.1) is 25.9 Å². The highest BCUT2D eigenvalue weighted by Gasteiger charge is 2.79. The number of rotatable bonds is 6.